The molecule has 2 bridgehead atoms. The molecule has 0 aliphatic carbocycles. The molecule has 0 N–H and O–H groups in total. The highest BCUT2D eigenvalue weighted by atomic mass is 35.5. The molecule has 0 amide bonds. The topological polar surface area (TPSA) is 13.0 Å². The summed E-state index contributed by atoms with van der Waals surface area (Å²) in [5, 5.41) is 0. The van der Waals surface area contributed by atoms with Crippen molar-refractivity contribution in [1.82, 2.24) is 18.6 Å². The molecule has 16 heavy (non-hydrogen) atoms. The highest BCUT2D eigenvalue weighted by Crippen LogP contribution is 2.06. The maximum atomic E-state index is 6.14. The molecule has 0 aromatic rings. The second-order valence-electron chi connectivity index (χ2n) is 4.50. The maximum Gasteiger partial charge on any atom is 0.0267 e. The third-order valence-corrected chi connectivity index (χ3v) is 4.04. The van der Waals surface area contributed by atoms with Gasteiger partial charge in [0.05, 0.1) is 0 Å². The van der Waals surface area contributed by atoms with Crippen molar-refractivity contribution in [2.45, 2.75) is 0 Å². The van der Waals surface area contributed by atoms with E-state index in [2.05, 4.69) is 9.80 Å². The SMILES string of the molecule is ClN1CCN2CCN(Cl)CCN(CC1)CC2. The minimum atomic E-state index is 0.942. The van der Waals surface area contributed by atoms with Gasteiger partial charge in [-0.15, -0.1) is 0 Å². The minimum Gasteiger partial charge on any atom is -0.299 e. The highest BCUT2D eigenvalue weighted by Gasteiger charge is 2.18. The first-order valence-corrected chi connectivity index (χ1v) is 6.68. The molecule has 2 fully saturated rings. The Morgan fingerprint density at radius 3 is 1.00 bits per heavy atom. The molecule has 2 saturated heterocycles. The molecule has 0 spiro atoms. The number of nitrogens with zero attached hydrogens (tertiary/aromatic N) is 4. The minimum absolute atomic E-state index is 0.942. The summed E-state index contributed by atoms with van der Waals surface area (Å²) >= 11 is 12.3. The fourth-order valence-electron chi connectivity index (χ4n) is 2.18. The van der Waals surface area contributed by atoms with Gasteiger partial charge in [0.1, 0.15) is 0 Å². The molecule has 2 aliphatic heterocycles. The first-order chi connectivity index (χ1) is 7.74. The van der Waals surface area contributed by atoms with E-state index in [4.69, 9.17) is 23.6 Å². The Bertz CT molecular complexity index is 179. The van der Waals surface area contributed by atoms with Gasteiger partial charge >= 0.3 is 0 Å². The quantitative estimate of drug-likeness (QED) is 0.593. The van der Waals surface area contributed by atoms with E-state index in [0.717, 1.165) is 65.4 Å². The van der Waals surface area contributed by atoms with Gasteiger partial charge in [0.25, 0.3) is 0 Å². The summed E-state index contributed by atoms with van der Waals surface area (Å²) in [5.74, 6) is 0. The van der Waals surface area contributed by atoms with Crippen LogP contribution < -0.4 is 0 Å². The fourth-order valence-corrected chi connectivity index (χ4v) is 2.48. The van der Waals surface area contributed by atoms with Crippen molar-refractivity contribution in [2.75, 3.05) is 65.4 Å². The van der Waals surface area contributed by atoms with Gasteiger partial charge < -0.3 is 0 Å². The zero-order valence-electron chi connectivity index (χ0n) is 9.62. The van der Waals surface area contributed by atoms with Gasteiger partial charge in [-0.05, 0) is 23.6 Å². The molecule has 0 aromatic carbocycles. The Morgan fingerprint density at radius 1 is 0.438 bits per heavy atom. The van der Waals surface area contributed by atoms with E-state index in [9.17, 15) is 0 Å². The van der Waals surface area contributed by atoms with E-state index < -0.39 is 0 Å². The summed E-state index contributed by atoms with van der Waals surface area (Å²) in [6.07, 6.45) is 0. The second-order valence-corrected chi connectivity index (χ2v) is 5.46. The van der Waals surface area contributed by atoms with Crippen molar-refractivity contribution in [3.63, 3.8) is 0 Å². The molecule has 0 radical (unpaired) electrons. The van der Waals surface area contributed by atoms with Crippen LogP contribution in [0.25, 0.3) is 0 Å². The molecule has 0 saturated carbocycles. The summed E-state index contributed by atoms with van der Waals surface area (Å²) in [7, 11) is 0. The van der Waals surface area contributed by atoms with E-state index in [1.165, 1.54) is 0 Å². The van der Waals surface area contributed by atoms with Crippen LogP contribution in [0, 0.1) is 0 Å². The van der Waals surface area contributed by atoms with Crippen molar-refractivity contribution >= 4 is 23.6 Å². The van der Waals surface area contributed by atoms with E-state index in [-0.39, 0.29) is 0 Å². The number of rotatable bonds is 0. The molecule has 0 aromatic heterocycles. The number of fused-ring (bicyclic) bond motifs is 3. The molecule has 2 rings (SSSR count). The Labute approximate surface area is 108 Å². The van der Waals surface area contributed by atoms with E-state index >= 15 is 0 Å². The molecule has 6 heteroatoms. The molecule has 94 valence electrons. The van der Waals surface area contributed by atoms with Crippen LogP contribution >= 0.6 is 23.6 Å². The average Bonchev–Trinajstić information content (AvgIpc) is 2.41. The third kappa shape index (κ3) is 4.02. The van der Waals surface area contributed by atoms with E-state index in [1.54, 1.807) is 0 Å². The van der Waals surface area contributed by atoms with Crippen LogP contribution in [0.1, 0.15) is 0 Å². The van der Waals surface area contributed by atoms with Crippen molar-refractivity contribution in [3.05, 3.63) is 0 Å². The van der Waals surface area contributed by atoms with Crippen LogP contribution in [0.3, 0.4) is 0 Å². The van der Waals surface area contributed by atoms with Crippen molar-refractivity contribution < 1.29 is 0 Å². The van der Waals surface area contributed by atoms with Crippen LogP contribution in [-0.2, 0) is 0 Å². The van der Waals surface area contributed by atoms with Crippen molar-refractivity contribution in [3.8, 4) is 0 Å². The molecule has 2 aliphatic rings. The van der Waals surface area contributed by atoms with E-state index in [1.807, 2.05) is 8.84 Å². The van der Waals surface area contributed by atoms with Gasteiger partial charge in [-0.3, -0.25) is 9.80 Å². The summed E-state index contributed by atoms with van der Waals surface area (Å²) in [6, 6.07) is 0. The zero-order valence-corrected chi connectivity index (χ0v) is 11.1. The fraction of sp³-hybridized carbons (Fsp3) is 1.00. The standard InChI is InChI=1S/C10H20Cl2N4/c11-15-7-3-13-1-2-14(5-9-15)6-10-16(12)8-4-13/h1-10H2. The first-order valence-electron chi connectivity index (χ1n) is 6.00. The Kier molecular flexibility index (Phi) is 5.13. The summed E-state index contributed by atoms with van der Waals surface area (Å²) in [5.41, 5.74) is 0. The van der Waals surface area contributed by atoms with Crippen LogP contribution in [-0.4, -0.2) is 84.1 Å². The first kappa shape index (κ1) is 12.9. The molecule has 0 atom stereocenters. The number of halogens is 2. The average molecular weight is 267 g/mol. The van der Waals surface area contributed by atoms with Gasteiger partial charge in [0.2, 0.25) is 0 Å². The lowest BCUT2D eigenvalue weighted by Gasteiger charge is -2.23. The van der Waals surface area contributed by atoms with Crippen molar-refractivity contribution in [2.24, 2.45) is 0 Å². The van der Waals surface area contributed by atoms with E-state index in [0.29, 0.717) is 0 Å². The second kappa shape index (κ2) is 6.38. The maximum absolute atomic E-state index is 6.14. The monoisotopic (exact) mass is 266 g/mol. The Hall–Kier alpha value is 0.420. The summed E-state index contributed by atoms with van der Waals surface area (Å²) < 4.78 is 3.82. The van der Waals surface area contributed by atoms with Gasteiger partial charge in [0.15, 0.2) is 0 Å². The van der Waals surface area contributed by atoms with Gasteiger partial charge in [-0.2, -0.15) is 0 Å². The Morgan fingerprint density at radius 2 is 0.688 bits per heavy atom. The van der Waals surface area contributed by atoms with Crippen LogP contribution in [0.2, 0.25) is 0 Å². The molecule has 2 heterocycles. The van der Waals surface area contributed by atoms with Gasteiger partial charge in [0, 0.05) is 65.4 Å². The van der Waals surface area contributed by atoms with Crippen LogP contribution in [0.15, 0.2) is 0 Å². The molecule has 0 unspecified atom stereocenters. The zero-order chi connectivity index (χ0) is 11.4. The molecular formula is C10H20Cl2N4. The normalized spacial score (nSPS) is 35.6. The number of hydrogen-bond donors (Lipinski definition) is 0. The largest absolute Gasteiger partial charge is 0.299 e. The Balaban J connectivity index is 1.99. The predicted molar refractivity (Wildman–Crippen MR) is 67.7 cm³/mol. The van der Waals surface area contributed by atoms with Gasteiger partial charge in [-0.25, -0.2) is 8.84 Å². The predicted octanol–water partition coefficient (Wildman–Crippen LogP) is 0.529. The molecular weight excluding hydrogens is 247 g/mol. The third-order valence-electron chi connectivity index (χ3n) is 3.37. The lowest BCUT2D eigenvalue weighted by Crippen LogP contribution is -2.36. The number of hydrogen-bond acceptors (Lipinski definition) is 4. The lowest BCUT2D eigenvalue weighted by atomic mass is 10.4. The summed E-state index contributed by atoms with van der Waals surface area (Å²) in [4.78, 5) is 4.91. The van der Waals surface area contributed by atoms with Crippen LogP contribution in [0.5, 0.6) is 0 Å². The van der Waals surface area contributed by atoms with Crippen molar-refractivity contribution in [1.29, 1.82) is 0 Å². The van der Waals surface area contributed by atoms with Gasteiger partial charge in [-0.1, -0.05) is 0 Å². The molecule has 4 nitrogen and oxygen atoms in total. The summed E-state index contributed by atoms with van der Waals surface area (Å²) in [6.45, 7) is 10.2. The highest BCUT2D eigenvalue weighted by molar-refractivity contribution is 6.13. The smallest absolute Gasteiger partial charge is 0.0267 e. The lowest BCUT2D eigenvalue weighted by molar-refractivity contribution is 0.237. The van der Waals surface area contributed by atoms with Crippen LogP contribution in [0.4, 0.5) is 0 Å².